The quantitative estimate of drug-likeness (QED) is 0.366. The van der Waals surface area contributed by atoms with Gasteiger partial charge in [0.15, 0.2) is 6.17 Å². The van der Waals surface area contributed by atoms with E-state index < -0.39 is 12.1 Å². The number of benzene rings is 1. The molecule has 1 rings (SSSR count). The minimum atomic E-state index is -1.07. The van der Waals surface area contributed by atoms with Crippen LogP contribution >= 0.6 is 0 Å². The average Bonchev–Trinajstić information content (AvgIpc) is 2.37. The predicted molar refractivity (Wildman–Crippen MR) is 66.0 cm³/mol. The third kappa shape index (κ3) is 4.94. The fraction of sp³-hybridized carbons (Fsp3) is 0.333. The van der Waals surface area contributed by atoms with Crippen LogP contribution in [0.2, 0.25) is 0 Å². The monoisotopic (exact) mass is 251 g/mol. The van der Waals surface area contributed by atoms with E-state index in [9.17, 15) is 9.59 Å². The molecule has 0 bridgehead atoms. The molecule has 0 aromatic heterocycles. The van der Waals surface area contributed by atoms with Gasteiger partial charge in [0.2, 0.25) is 5.91 Å². The number of nitrogens with two attached hydrogens (primary N) is 1. The molecule has 6 heteroatoms. The molecule has 0 fully saturated rings. The van der Waals surface area contributed by atoms with Gasteiger partial charge in [0.05, 0.1) is 13.0 Å². The van der Waals surface area contributed by atoms with Crippen LogP contribution in [0.1, 0.15) is 12.5 Å². The van der Waals surface area contributed by atoms with Crippen LogP contribution in [0.4, 0.5) is 0 Å². The van der Waals surface area contributed by atoms with E-state index in [2.05, 4.69) is 15.6 Å². The lowest BCUT2D eigenvalue weighted by atomic mass is 10.1. The molecule has 0 aliphatic rings. The molecule has 98 valence electrons. The van der Waals surface area contributed by atoms with Gasteiger partial charge in [-0.05, 0) is 12.5 Å². The molecular formula is C12H17N3O3. The highest BCUT2D eigenvalue weighted by molar-refractivity contribution is 5.79. The molecule has 0 heterocycles. The number of hydrazine groups is 1. The summed E-state index contributed by atoms with van der Waals surface area (Å²) in [6.45, 7) is 1.92. The van der Waals surface area contributed by atoms with Crippen LogP contribution in [0, 0.1) is 0 Å². The molecule has 1 unspecified atom stereocenters. The summed E-state index contributed by atoms with van der Waals surface area (Å²) in [6, 6.07) is 9.24. The van der Waals surface area contributed by atoms with Crippen molar-refractivity contribution in [2.75, 3.05) is 6.61 Å². The second-order valence-electron chi connectivity index (χ2n) is 3.58. The number of ether oxygens (including phenoxy) is 1. The number of rotatable bonds is 6. The SMILES string of the molecule is CCOC(=O)C(N)NNC(=O)Cc1ccccc1. The second kappa shape index (κ2) is 7.41. The number of hydrogen-bond donors (Lipinski definition) is 3. The molecule has 0 aliphatic carbocycles. The van der Waals surface area contributed by atoms with Crippen molar-refractivity contribution >= 4 is 11.9 Å². The van der Waals surface area contributed by atoms with Crippen molar-refractivity contribution in [1.29, 1.82) is 0 Å². The lowest BCUT2D eigenvalue weighted by Crippen LogP contribution is -2.53. The van der Waals surface area contributed by atoms with Crippen LogP contribution < -0.4 is 16.6 Å². The Labute approximate surface area is 105 Å². The van der Waals surface area contributed by atoms with E-state index in [1.807, 2.05) is 30.3 Å². The molecule has 0 saturated heterocycles. The van der Waals surface area contributed by atoms with Gasteiger partial charge < -0.3 is 10.5 Å². The molecule has 4 N–H and O–H groups in total. The maximum atomic E-state index is 11.5. The van der Waals surface area contributed by atoms with E-state index in [0.29, 0.717) is 0 Å². The summed E-state index contributed by atoms with van der Waals surface area (Å²) in [5.74, 6) is -0.890. The molecule has 1 aromatic rings. The minimum absolute atomic E-state index is 0.212. The van der Waals surface area contributed by atoms with Crippen molar-refractivity contribution in [3.8, 4) is 0 Å². The standard InChI is InChI=1S/C12H17N3O3/c1-2-18-12(17)11(13)15-14-10(16)8-9-6-4-3-5-7-9/h3-7,11,15H,2,8,13H2,1H3,(H,14,16). The summed E-state index contributed by atoms with van der Waals surface area (Å²) in [6.07, 6.45) is -0.853. The summed E-state index contributed by atoms with van der Waals surface area (Å²) in [7, 11) is 0. The van der Waals surface area contributed by atoms with Gasteiger partial charge in [-0.2, -0.15) is 0 Å². The van der Waals surface area contributed by atoms with Gasteiger partial charge in [0.1, 0.15) is 0 Å². The van der Waals surface area contributed by atoms with E-state index in [-0.39, 0.29) is 18.9 Å². The second-order valence-corrected chi connectivity index (χ2v) is 3.58. The van der Waals surface area contributed by atoms with Crippen LogP contribution in [-0.4, -0.2) is 24.6 Å². The van der Waals surface area contributed by atoms with Crippen LogP contribution in [0.3, 0.4) is 0 Å². The lowest BCUT2D eigenvalue weighted by Gasteiger charge is -2.13. The van der Waals surface area contributed by atoms with Gasteiger partial charge in [0, 0.05) is 0 Å². The summed E-state index contributed by atoms with van der Waals surface area (Å²) in [4.78, 5) is 22.7. The Balaban J connectivity index is 2.31. The van der Waals surface area contributed by atoms with Crippen LogP contribution in [0.15, 0.2) is 30.3 Å². The molecule has 1 amide bonds. The summed E-state index contributed by atoms with van der Waals surface area (Å²) >= 11 is 0. The van der Waals surface area contributed by atoms with Gasteiger partial charge >= 0.3 is 5.97 Å². The van der Waals surface area contributed by atoms with Crippen LogP contribution in [0.5, 0.6) is 0 Å². The predicted octanol–water partition coefficient (Wildman–Crippen LogP) is -0.302. The summed E-state index contributed by atoms with van der Waals surface area (Å²) in [5.41, 5.74) is 11.1. The van der Waals surface area contributed by atoms with Gasteiger partial charge in [-0.1, -0.05) is 30.3 Å². The van der Waals surface area contributed by atoms with E-state index >= 15 is 0 Å². The number of carbonyl (C=O) groups excluding carboxylic acids is 2. The van der Waals surface area contributed by atoms with E-state index in [4.69, 9.17) is 5.73 Å². The van der Waals surface area contributed by atoms with E-state index in [1.165, 1.54) is 0 Å². The molecular weight excluding hydrogens is 234 g/mol. The minimum Gasteiger partial charge on any atom is -0.464 e. The Morgan fingerprint density at radius 2 is 2.00 bits per heavy atom. The Morgan fingerprint density at radius 1 is 1.33 bits per heavy atom. The largest absolute Gasteiger partial charge is 0.464 e. The maximum absolute atomic E-state index is 11.5. The van der Waals surface area contributed by atoms with E-state index in [1.54, 1.807) is 6.92 Å². The highest BCUT2D eigenvalue weighted by atomic mass is 16.5. The highest BCUT2D eigenvalue weighted by Crippen LogP contribution is 1.98. The Bertz CT molecular complexity index is 395. The third-order valence-electron chi connectivity index (χ3n) is 2.12. The Morgan fingerprint density at radius 3 is 2.61 bits per heavy atom. The topological polar surface area (TPSA) is 93.4 Å². The number of carbonyl (C=O) groups is 2. The fourth-order valence-electron chi connectivity index (χ4n) is 1.27. The normalized spacial score (nSPS) is 11.7. The van der Waals surface area contributed by atoms with Crippen molar-refractivity contribution < 1.29 is 14.3 Å². The zero-order valence-electron chi connectivity index (χ0n) is 10.2. The van der Waals surface area contributed by atoms with Crippen LogP contribution in [-0.2, 0) is 20.7 Å². The van der Waals surface area contributed by atoms with Crippen molar-refractivity contribution in [3.63, 3.8) is 0 Å². The highest BCUT2D eigenvalue weighted by Gasteiger charge is 2.14. The molecule has 0 saturated carbocycles. The molecule has 0 aliphatic heterocycles. The first-order valence-electron chi connectivity index (χ1n) is 5.64. The van der Waals surface area contributed by atoms with Gasteiger partial charge in [-0.15, -0.1) is 0 Å². The van der Waals surface area contributed by atoms with Gasteiger partial charge in [0.25, 0.3) is 0 Å². The Kier molecular flexibility index (Phi) is 5.83. The van der Waals surface area contributed by atoms with Crippen LogP contribution in [0.25, 0.3) is 0 Å². The lowest BCUT2D eigenvalue weighted by molar-refractivity contribution is -0.146. The fourth-order valence-corrected chi connectivity index (χ4v) is 1.27. The first-order valence-corrected chi connectivity index (χ1v) is 5.64. The molecule has 0 spiro atoms. The molecule has 6 nitrogen and oxygen atoms in total. The van der Waals surface area contributed by atoms with Crippen molar-refractivity contribution in [2.24, 2.45) is 5.73 Å². The summed E-state index contributed by atoms with van der Waals surface area (Å²) in [5, 5.41) is 0. The number of amides is 1. The third-order valence-corrected chi connectivity index (χ3v) is 2.12. The number of nitrogens with one attached hydrogen (secondary N) is 2. The molecule has 1 aromatic carbocycles. The Hall–Kier alpha value is -1.92. The number of esters is 1. The van der Waals surface area contributed by atoms with E-state index in [0.717, 1.165) is 5.56 Å². The average molecular weight is 251 g/mol. The van der Waals surface area contributed by atoms with Gasteiger partial charge in [-0.25, -0.2) is 10.2 Å². The zero-order chi connectivity index (χ0) is 13.4. The first kappa shape index (κ1) is 14.1. The first-order chi connectivity index (χ1) is 8.63. The molecule has 0 radical (unpaired) electrons. The molecule has 1 atom stereocenters. The molecule has 18 heavy (non-hydrogen) atoms. The van der Waals surface area contributed by atoms with Gasteiger partial charge in [-0.3, -0.25) is 10.2 Å². The van der Waals surface area contributed by atoms with Crippen molar-refractivity contribution in [3.05, 3.63) is 35.9 Å². The summed E-state index contributed by atoms with van der Waals surface area (Å²) < 4.78 is 4.68. The number of hydrogen-bond acceptors (Lipinski definition) is 5. The van der Waals surface area contributed by atoms with Crippen molar-refractivity contribution in [2.45, 2.75) is 19.5 Å². The maximum Gasteiger partial charge on any atom is 0.339 e. The van der Waals surface area contributed by atoms with Crippen molar-refractivity contribution in [1.82, 2.24) is 10.9 Å². The smallest absolute Gasteiger partial charge is 0.339 e. The zero-order valence-corrected chi connectivity index (χ0v) is 10.2.